The summed E-state index contributed by atoms with van der Waals surface area (Å²) >= 11 is 1.21. The van der Waals surface area contributed by atoms with Gasteiger partial charge < -0.3 is 10.6 Å². The Bertz CT molecular complexity index is 972. The smallest absolute Gasteiger partial charge is 0.325 e. The zero-order valence-electron chi connectivity index (χ0n) is 16.4. The van der Waals surface area contributed by atoms with E-state index in [1.165, 1.54) is 16.9 Å². The number of hydrogen-bond donors (Lipinski definition) is 3. The maximum atomic E-state index is 12.4. The summed E-state index contributed by atoms with van der Waals surface area (Å²) in [6.45, 7) is 3.93. The Morgan fingerprint density at radius 1 is 1.07 bits per heavy atom. The highest BCUT2D eigenvalue weighted by Gasteiger charge is 2.15. The minimum absolute atomic E-state index is 0.0189. The number of urea groups is 1. The molecule has 1 unspecified atom stereocenters. The molecule has 0 saturated heterocycles. The van der Waals surface area contributed by atoms with Crippen molar-refractivity contribution in [3.63, 3.8) is 0 Å². The lowest BCUT2D eigenvalue weighted by molar-refractivity contribution is 0.0934. The van der Waals surface area contributed by atoms with Gasteiger partial charge in [-0.25, -0.2) is 9.78 Å². The maximum absolute atomic E-state index is 12.4. The molecular weight excluding hydrogens is 384 g/mol. The van der Waals surface area contributed by atoms with Crippen molar-refractivity contribution in [2.45, 2.75) is 32.7 Å². The monoisotopic (exact) mass is 408 g/mol. The SMILES string of the molecule is Cc1cccc(NC(=O)Nc2nc(C(=O)NC(C)CCc3ccccc3)cs2)c1. The van der Waals surface area contributed by atoms with Gasteiger partial charge in [-0.2, -0.15) is 0 Å². The quantitative estimate of drug-likeness (QED) is 0.523. The van der Waals surface area contributed by atoms with E-state index in [2.05, 4.69) is 33.1 Å². The third kappa shape index (κ3) is 6.43. The summed E-state index contributed by atoms with van der Waals surface area (Å²) in [5.41, 5.74) is 3.29. The Morgan fingerprint density at radius 3 is 2.62 bits per heavy atom. The average Bonchev–Trinajstić information content (AvgIpc) is 3.15. The first kappa shape index (κ1) is 20.5. The maximum Gasteiger partial charge on any atom is 0.325 e. The molecule has 3 N–H and O–H groups in total. The highest BCUT2D eigenvalue weighted by atomic mass is 32.1. The van der Waals surface area contributed by atoms with Gasteiger partial charge in [0.15, 0.2) is 5.13 Å². The van der Waals surface area contributed by atoms with Crippen LogP contribution in [0.2, 0.25) is 0 Å². The number of thiazole rings is 1. The van der Waals surface area contributed by atoms with E-state index < -0.39 is 6.03 Å². The fraction of sp³-hybridized carbons (Fsp3) is 0.227. The Kier molecular flexibility index (Phi) is 6.97. The first-order valence-corrected chi connectivity index (χ1v) is 10.3. The van der Waals surface area contributed by atoms with E-state index in [1.54, 1.807) is 5.38 Å². The van der Waals surface area contributed by atoms with E-state index in [9.17, 15) is 9.59 Å². The second-order valence-corrected chi connectivity index (χ2v) is 7.74. The molecule has 6 nitrogen and oxygen atoms in total. The van der Waals surface area contributed by atoms with Crippen molar-refractivity contribution in [1.29, 1.82) is 0 Å². The normalized spacial score (nSPS) is 11.5. The van der Waals surface area contributed by atoms with Gasteiger partial charge in [-0.05, 0) is 49.9 Å². The second-order valence-electron chi connectivity index (χ2n) is 6.89. The van der Waals surface area contributed by atoms with Crippen molar-refractivity contribution in [2.24, 2.45) is 0 Å². The van der Waals surface area contributed by atoms with Gasteiger partial charge in [0.05, 0.1) is 0 Å². The summed E-state index contributed by atoms with van der Waals surface area (Å²) in [5.74, 6) is -0.242. The molecule has 0 aliphatic carbocycles. The second kappa shape index (κ2) is 9.84. The molecule has 3 amide bonds. The van der Waals surface area contributed by atoms with Crippen LogP contribution in [0.15, 0.2) is 60.0 Å². The first-order chi connectivity index (χ1) is 14.0. The number of nitrogens with zero attached hydrogens (tertiary/aromatic N) is 1. The number of aromatic nitrogens is 1. The van der Waals surface area contributed by atoms with Crippen molar-refractivity contribution in [2.75, 3.05) is 10.6 Å². The molecule has 0 aliphatic rings. The molecule has 3 aromatic rings. The molecule has 0 saturated carbocycles. The summed E-state index contributed by atoms with van der Waals surface area (Å²) in [6.07, 6.45) is 1.73. The van der Waals surface area contributed by atoms with Crippen molar-refractivity contribution < 1.29 is 9.59 Å². The fourth-order valence-electron chi connectivity index (χ4n) is 2.82. The molecule has 0 spiro atoms. The number of rotatable bonds is 7. The topological polar surface area (TPSA) is 83.1 Å². The standard InChI is InChI=1S/C22H24N4O2S/c1-15-7-6-10-18(13-15)24-21(28)26-22-25-19(14-29-22)20(27)23-16(2)11-12-17-8-4-3-5-9-17/h3-10,13-14,16H,11-12H2,1-2H3,(H,23,27)(H2,24,25,26,28). The Hall–Kier alpha value is -3.19. The van der Waals surface area contributed by atoms with E-state index in [1.807, 2.05) is 56.3 Å². The minimum Gasteiger partial charge on any atom is -0.348 e. The highest BCUT2D eigenvalue weighted by Crippen LogP contribution is 2.17. The van der Waals surface area contributed by atoms with Crippen LogP contribution in [0.3, 0.4) is 0 Å². The van der Waals surface area contributed by atoms with Gasteiger partial charge in [0.2, 0.25) is 0 Å². The summed E-state index contributed by atoms with van der Waals surface area (Å²) in [4.78, 5) is 28.7. The average molecular weight is 409 g/mol. The van der Waals surface area contributed by atoms with Gasteiger partial charge in [-0.15, -0.1) is 11.3 Å². The molecule has 0 fully saturated rings. The molecular formula is C22H24N4O2S. The molecule has 2 aromatic carbocycles. The van der Waals surface area contributed by atoms with E-state index in [4.69, 9.17) is 0 Å². The molecule has 29 heavy (non-hydrogen) atoms. The van der Waals surface area contributed by atoms with Gasteiger partial charge >= 0.3 is 6.03 Å². The predicted octanol–water partition coefficient (Wildman–Crippen LogP) is 4.85. The Labute approximate surface area is 174 Å². The predicted molar refractivity (Wildman–Crippen MR) is 118 cm³/mol. The summed E-state index contributed by atoms with van der Waals surface area (Å²) in [5, 5.41) is 10.4. The van der Waals surface area contributed by atoms with Crippen LogP contribution in [-0.2, 0) is 6.42 Å². The Balaban J connectivity index is 1.48. The molecule has 0 aliphatic heterocycles. The van der Waals surface area contributed by atoms with Gasteiger partial charge in [-0.3, -0.25) is 10.1 Å². The van der Waals surface area contributed by atoms with Crippen LogP contribution in [0.5, 0.6) is 0 Å². The largest absolute Gasteiger partial charge is 0.348 e. The molecule has 150 valence electrons. The number of carbonyl (C=O) groups is 2. The lowest BCUT2D eigenvalue weighted by atomic mass is 10.1. The third-order valence-electron chi connectivity index (χ3n) is 4.32. The number of hydrogen-bond acceptors (Lipinski definition) is 4. The van der Waals surface area contributed by atoms with Crippen LogP contribution in [0.4, 0.5) is 15.6 Å². The van der Waals surface area contributed by atoms with Crippen molar-refractivity contribution in [1.82, 2.24) is 10.3 Å². The van der Waals surface area contributed by atoms with E-state index in [0.717, 1.165) is 18.4 Å². The summed E-state index contributed by atoms with van der Waals surface area (Å²) < 4.78 is 0. The van der Waals surface area contributed by atoms with Crippen LogP contribution in [0, 0.1) is 6.92 Å². The van der Waals surface area contributed by atoms with Gasteiger partial charge in [0, 0.05) is 17.1 Å². The molecule has 0 bridgehead atoms. The lowest BCUT2D eigenvalue weighted by Gasteiger charge is -2.12. The van der Waals surface area contributed by atoms with Crippen LogP contribution in [0.25, 0.3) is 0 Å². The highest BCUT2D eigenvalue weighted by molar-refractivity contribution is 7.14. The minimum atomic E-state index is -0.395. The lowest BCUT2D eigenvalue weighted by Crippen LogP contribution is -2.33. The van der Waals surface area contributed by atoms with Crippen molar-refractivity contribution in [3.05, 3.63) is 76.8 Å². The zero-order chi connectivity index (χ0) is 20.6. The van der Waals surface area contributed by atoms with Crippen LogP contribution in [0.1, 0.15) is 35.0 Å². The number of anilines is 2. The number of nitrogens with one attached hydrogen (secondary N) is 3. The van der Waals surface area contributed by atoms with Gasteiger partial charge in [0.1, 0.15) is 5.69 Å². The van der Waals surface area contributed by atoms with E-state index in [-0.39, 0.29) is 11.9 Å². The third-order valence-corrected chi connectivity index (χ3v) is 5.08. The van der Waals surface area contributed by atoms with E-state index >= 15 is 0 Å². The molecule has 3 rings (SSSR count). The van der Waals surface area contributed by atoms with Gasteiger partial charge in [0.25, 0.3) is 5.91 Å². The molecule has 7 heteroatoms. The zero-order valence-corrected chi connectivity index (χ0v) is 17.3. The molecule has 1 aromatic heterocycles. The van der Waals surface area contributed by atoms with Crippen molar-refractivity contribution >= 4 is 34.1 Å². The van der Waals surface area contributed by atoms with Crippen LogP contribution >= 0.6 is 11.3 Å². The van der Waals surface area contributed by atoms with Crippen molar-refractivity contribution in [3.8, 4) is 0 Å². The van der Waals surface area contributed by atoms with E-state index in [0.29, 0.717) is 16.5 Å². The molecule has 0 radical (unpaired) electrons. The van der Waals surface area contributed by atoms with Crippen LogP contribution in [-0.4, -0.2) is 23.0 Å². The van der Waals surface area contributed by atoms with Crippen LogP contribution < -0.4 is 16.0 Å². The molecule has 1 atom stereocenters. The number of benzene rings is 2. The van der Waals surface area contributed by atoms with Gasteiger partial charge in [-0.1, -0.05) is 42.5 Å². The fourth-order valence-corrected chi connectivity index (χ4v) is 3.50. The Morgan fingerprint density at radius 2 is 1.86 bits per heavy atom. The molecule has 1 heterocycles. The summed E-state index contributed by atoms with van der Waals surface area (Å²) in [6, 6.07) is 17.3. The first-order valence-electron chi connectivity index (χ1n) is 9.44. The number of amides is 3. The number of aryl methyl sites for hydroxylation is 2. The number of carbonyl (C=O) groups excluding carboxylic acids is 2. The summed E-state index contributed by atoms with van der Waals surface area (Å²) in [7, 11) is 0.